The Bertz CT molecular complexity index is 427. The zero-order valence-corrected chi connectivity index (χ0v) is 10.6. The van der Waals surface area contributed by atoms with E-state index >= 15 is 0 Å². The average Bonchev–Trinajstić information content (AvgIpc) is 2.31. The van der Waals surface area contributed by atoms with Crippen LogP contribution in [0.1, 0.15) is 15.9 Å². The molecule has 0 saturated carbocycles. The molecule has 0 bridgehead atoms. The predicted molar refractivity (Wildman–Crippen MR) is 65.2 cm³/mol. The summed E-state index contributed by atoms with van der Waals surface area (Å²) in [6, 6.07) is 4.61. The summed E-state index contributed by atoms with van der Waals surface area (Å²) in [6.07, 6.45) is -2.64. The standard InChI is InChI=1S/C12H14ClF2NO2/c1-8-2-3-9(6-10(8)13)12(18)16(4-5-17)7-11(14)15/h2-3,6,11,17H,4-5,7H2,1H3. The smallest absolute Gasteiger partial charge is 0.255 e. The number of alkyl halides is 2. The highest BCUT2D eigenvalue weighted by Crippen LogP contribution is 2.18. The Kier molecular flexibility index (Phi) is 5.50. The van der Waals surface area contributed by atoms with Gasteiger partial charge in [-0.3, -0.25) is 4.79 Å². The molecule has 1 amide bonds. The van der Waals surface area contributed by atoms with E-state index in [2.05, 4.69) is 0 Å². The summed E-state index contributed by atoms with van der Waals surface area (Å²) in [7, 11) is 0. The molecule has 0 aliphatic carbocycles. The van der Waals surface area contributed by atoms with Crippen LogP contribution in [0.15, 0.2) is 18.2 Å². The van der Waals surface area contributed by atoms with E-state index < -0.39 is 18.9 Å². The van der Waals surface area contributed by atoms with Crippen LogP contribution in [-0.2, 0) is 0 Å². The van der Waals surface area contributed by atoms with E-state index in [1.807, 2.05) is 0 Å². The summed E-state index contributed by atoms with van der Waals surface area (Å²) in [5.41, 5.74) is 1.04. The number of carbonyl (C=O) groups excluding carboxylic acids is 1. The molecule has 1 rings (SSSR count). The first-order chi connectivity index (χ1) is 8.45. The molecule has 0 aliphatic heterocycles. The lowest BCUT2D eigenvalue weighted by Crippen LogP contribution is -2.37. The topological polar surface area (TPSA) is 40.5 Å². The monoisotopic (exact) mass is 277 g/mol. The SMILES string of the molecule is Cc1ccc(C(=O)N(CCO)CC(F)F)cc1Cl. The second-order valence-corrected chi connectivity index (χ2v) is 4.24. The number of halogens is 3. The largest absolute Gasteiger partial charge is 0.395 e. The van der Waals surface area contributed by atoms with Gasteiger partial charge in [-0.15, -0.1) is 0 Å². The molecule has 0 unspecified atom stereocenters. The minimum Gasteiger partial charge on any atom is -0.395 e. The first-order valence-electron chi connectivity index (χ1n) is 5.40. The van der Waals surface area contributed by atoms with Crippen molar-refractivity contribution in [2.24, 2.45) is 0 Å². The predicted octanol–water partition coefficient (Wildman–Crippen LogP) is 2.35. The van der Waals surface area contributed by atoms with Crippen molar-refractivity contribution in [2.75, 3.05) is 19.7 Å². The number of hydrogen-bond donors (Lipinski definition) is 1. The van der Waals surface area contributed by atoms with E-state index in [-0.39, 0.29) is 18.7 Å². The molecule has 3 nitrogen and oxygen atoms in total. The summed E-state index contributed by atoms with van der Waals surface area (Å²) >= 11 is 5.88. The lowest BCUT2D eigenvalue weighted by Gasteiger charge is -2.21. The van der Waals surface area contributed by atoms with Crippen molar-refractivity contribution >= 4 is 17.5 Å². The van der Waals surface area contributed by atoms with Gasteiger partial charge in [0, 0.05) is 17.1 Å². The van der Waals surface area contributed by atoms with E-state index in [1.165, 1.54) is 12.1 Å². The zero-order valence-electron chi connectivity index (χ0n) is 9.87. The van der Waals surface area contributed by atoms with Gasteiger partial charge in [-0.2, -0.15) is 0 Å². The highest BCUT2D eigenvalue weighted by Gasteiger charge is 2.19. The van der Waals surface area contributed by atoms with Gasteiger partial charge in [0.1, 0.15) is 0 Å². The highest BCUT2D eigenvalue weighted by atomic mass is 35.5. The van der Waals surface area contributed by atoms with Crippen LogP contribution in [0.3, 0.4) is 0 Å². The number of amides is 1. The quantitative estimate of drug-likeness (QED) is 0.897. The number of rotatable bonds is 5. The van der Waals surface area contributed by atoms with E-state index in [0.717, 1.165) is 10.5 Å². The zero-order chi connectivity index (χ0) is 13.7. The molecule has 18 heavy (non-hydrogen) atoms. The summed E-state index contributed by atoms with van der Waals surface area (Å²) in [5, 5.41) is 9.18. The van der Waals surface area contributed by atoms with Crippen LogP contribution < -0.4 is 0 Å². The van der Waals surface area contributed by atoms with E-state index in [0.29, 0.717) is 5.02 Å². The molecule has 0 aromatic heterocycles. The fourth-order valence-corrected chi connectivity index (χ4v) is 1.65. The van der Waals surface area contributed by atoms with Crippen molar-refractivity contribution in [3.05, 3.63) is 34.3 Å². The minimum atomic E-state index is -2.64. The number of nitrogens with zero attached hydrogens (tertiary/aromatic N) is 1. The third-order valence-electron chi connectivity index (χ3n) is 2.43. The molecule has 1 aromatic carbocycles. The maximum absolute atomic E-state index is 12.3. The number of carbonyl (C=O) groups is 1. The maximum Gasteiger partial charge on any atom is 0.255 e. The highest BCUT2D eigenvalue weighted by molar-refractivity contribution is 6.31. The summed E-state index contributed by atoms with van der Waals surface area (Å²) in [6.45, 7) is 0.582. The van der Waals surface area contributed by atoms with Gasteiger partial charge in [0.2, 0.25) is 0 Å². The molecule has 0 atom stereocenters. The molecule has 0 heterocycles. The molecule has 0 aliphatic rings. The van der Waals surface area contributed by atoms with Gasteiger partial charge < -0.3 is 10.0 Å². The van der Waals surface area contributed by atoms with Crippen molar-refractivity contribution in [1.82, 2.24) is 4.90 Å². The van der Waals surface area contributed by atoms with Crippen molar-refractivity contribution in [3.63, 3.8) is 0 Å². The first-order valence-corrected chi connectivity index (χ1v) is 5.78. The van der Waals surface area contributed by atoms with Gasteiger partial charge in [-0.05, 0) is 24.6 Å². The number of hydrogen-bond acceptors (Lipinski definition) is 2. The van der Waals surface area contributed by atoms with E-state index in [9.17, 15) is 13.6 Å². The Balaban J connectivity index is 2.90. The van der Waals surface area contributed by atoms with Crippen LogP contribution in [0, 0.1) is 6.92 Å². The fourth-order valence-electron chi connectivity index (χ4n) is 1.47. The van der Waals surface area contributed by atoms with Crippen LogP contribution in [0.25, 0.3) is 0 Å². The third-order valence-corrected chi connectivity index (χ3v) is 2.84. The van der Waals surface area contributed by atoms with Gasteiger partial charge >= 0.3 is 0 Å². The molecule has 0 radical (unpaired) electrons. The molecule has 0 spiro atoms. The van der Waals surface area contributed by atoms with Crippen LogP contribution in [0.5, 0.6) is 0 Å². The molecule has 1 aromatic rings. The summed E-state index contributed by atoms with van der Waals surface area (Å²) in [5.74, 6) is -0.564. The third kappa shape index (κ3) is 3.92. The first kappa shape index (κ1) is 14.9. The van der Waals surface area contributed by atoms with Crippen LogP contribution >= 0.6 is 11.6 Å². The van der Waals surface area contributed by atoms with Crippen molar-refractivity contribution in [3.8, 4) is 0 Å². The number of aliphatic hydroxyl groups is 1. The average molecular weight is 278 g/mol. The Morgan fingerprint density at radius 3 is 2.67 bits per heavy atom. The lowest BCUT2D eigenvalue weighted by atomic mass is 10.1. The second-order valence-electron chi connectivity index (χ2n) is 3.83. The molecule has 100 valence electrons. The van der Waals surface area contributed by atoms with Gasteiger partial charge in [0.25, 0.3) is 12.3 Å². The lowest BCUT2D eigenvalue weighted by molar-refractivity contribution is 0.0509. The Labute approximate surface area is 109 Å². The normalized spacial score (nSPS) is 10.8. The Morgan fingerprint density at radius 2 is 2.17 bits per heavy atom. The Hall–Kier alpha value is -1.20. The van der Waals surface area contributed by atoms with Crippen molar-refractivity contribution in [2.45, 2.75) is 13.3 Å². The molecule has 0 saturated heterocycles. The fraction of sp³-hybridized carbons (Fsp3) is 0.417. The summed E-state index contributed by atoms with van der Waals surface area (Å²) in [4.78, 5) is 12.9. The number of aryl methyl sites for hydroxylation is 1. The van der Waals surface area contributed by atoms with Crippen molar-refractivity contribution in [1.29, 1.82) is 0 Å². The van der Waals surface area contributed by atoms with Gasteiger partial charge in [0.05, 0.1) is 13.2 Å². The second kappa shape index (κ2) is 6.66. The van der Waals surface area contributed by atoms with Gasteiger partial charge in [0.15, 0.2) is 0 Å². The molecule has 6 heteroatoms. The van der Waals surface area contributed by atoms with Crippen molar-refractivity contribution < 1.29 is 18.7 Å². The molecular weight excluding hydrogens is 264 g/mol. The maximum atomic E-state index is 12.3. The molecule has 1 N–H and O–H groups in total. The molecule has 0 fully saturated rings. The summed E-state index contributed by atoms with van der Waals surface area (Å²) < 4.78 is 24.7. The Morgan fingerprint density at radius 1 is 1.50 bits per heavy atom. The van der Waals surface area contributed by atoms with E-state index in [4.69, 9.17) is 16.7 Å². The number of benzene rings is 1. The van der Waals surface area contributed by atoms with Gasteiger partial charge in [-0.25, -0.2) is 8.78 Å². The van der Waals surface area contributed by atoms with Crippen LogP contribution in [-0.4, -0.2) is 42.0 Å². The van der Waals surface area contributed by atoms with E-state index in [1.54, 1.807) is 13.0 Å². The van der Waals surface area contributed by atoms with Crippen LogP contribution in [0.4, 0.5) is 8.78 Å². The molecular formula is C12H14ClF2NO2. The van der Waals surface area contributed by atoms with Crippen LogP contribution in [0.2, 0.25) is 5.02 Å². The minimum absolute atomic E-state index is 0.130. The van der Waals surface area contributed by atoms with Gasteiger partial charge in [-0.1, -0.05) is 17.7 Å². The number of aliphatic hydroxyl groups excluding tert-OH is 1.